The Morgan fingerprint density at radius 2 is 1.74 bits per heavy atom. The van der Waals surface area contributed by atoms with Crippen LogP contribution in [0.3, 0.4) is 0 Å². The molecule has 0 aromatic carbocycles. The first-order chi connectivity index (χ1) is 10.9. The van der Waals surface area contributed by atoms with E-state index in [2.05, 4.69) is 5.32 Å². The molecule has 1 saturated heterocycles. The third kappa shape index (κ3) is 4.12. The van der Waals surface area contributed by atoms with E-state index in [1.807, 2.05) is 13.8 Å². The number of carbonyl (C=O) groups is 3. The minimum absolute atomic E-state index is 0.00850. The Hall–Kier alpha value is -2.31. The Morgan fingerprint density at radius 1 is 1.13 bits per heavy atom. The van der Waals surface area contributed by atoms with Crippen LogP contribution in [-0.2, 0) is 9.59 Å². The van der Waals surface area contributed by atoms with Crippen molar-refractivity contribution < 1.29 is 18.8 Å². The van der Waals surface area contributed by atoms with Crippen LogP contribution in [0.1, 0.15) is 31.3 Å². The Morgan fingerprint density at radius 3 is 2.22 bits per heavy atom. The van der Waals surface area contributed by atoms with Crippen LogP contribution in [-0.4, -0.2) is 59.7 Å². The van der Waals surface area contributed by atoms with Gasteiger partial charge in [-0.2, -0.15) is 0 Å². The number of hydrogen-bond acceptors (Lipinski definition) is 4. The van der Waals surface area contributed by atoms with E-state index in [4.69, 9.17) is 4.42 Å². The molecule has 7 nitrogen and oxygen atoms in total. The summed E-state index contributed by atoms with van der Waals surface area (Å²) in [5.41, 5.74) is 0. The zero-order valence-corrected chi connectivity index (χ0v) is 13.7. The second-order valence-electron chi connectivity index (χ2n) is 6.02. The first kappa shape index (κ1) is 17.1. The van der Waals surface area contributed by atoms with Crippen molar-refractivity contribution in [1.29, 1.82) is 0 Å². The summed E-state index contributed by atoms with van der Waals surface area (Å²) in [6, 6.07) is 2.78. The second kappa shape index (κ2) is 7.30. The molecule has 7 heteroatoms. The van der Waals surface area contributed by atoms with Gasteiger partial charge in [0.05, 0.1) is 6.26 Å². The van der Waals surface area contributed by atoms with Crippen molar-refractivity contribution in [1.82, 2.24) is 15.1 Å². The summed E-state index contributed by atoms with van der Waals surface area (Å²) in [5.74, 6) is -0.161. The summed E-state index contributed by atoms with van der Waals surface area (Å²) >= 11 is 0. The van der Waals surface area contributed by atoms with Crippen molar-refractivity contribution in [2.45, 2.75) is 26.8 Å². The van der Waals surface area contributed by atoms with Crippen molar-refractivity contribution in [3.8, 4) is 0 Å². The molecule has 1 aliphatic rings. The maximum Gasteiger partial charge on any atom is 0.289 e. The van der Waals surface area contributed by atoms with Gasteiger partial charge in [-0.1, -0.05) is 13.8 Å². The quantitative estimate of drug-likeness (QED) is 0.886. The van der Waals surface area contributed by atoms with Gasteiger partial charge in [-0.15, -0.1) is 0 Å². The molecule has 0 spiro atoms. The molecule has 3 amide bonds. The number of amides is 3. The monoisotopic (exact) mass is 321 g/mol. The number of nitrogens with one attached hydrogen (secondary N) is 1. The average molecular weight is 321 g/mol. The van der Waals surface area contributed by atoms with E-state index in [9.17, 15) is 14.4 Å². The lowest BCUT2D eigenvalue weighted by Gasteiger charge is -2.36. The molecule has 1 unspecified atom stereocenters. The Kier molecular flexibility index (Phi) is 5.41. The summed E-state index contributed by atoms with van der Waals surface area (Å²) in [5, 5.41) is 2.71. The van der Waals surface area contributed by atoms with Crippen LogP contribution in [0.2, 0.25) is 0 Å². The largest absolute Gasteiger partial charge is 0.459 e. The van der Waals surface area contributed by atoms with Gasteiger partial charge < -0.3 is 19.5 Å². The summed E-state index contributed by atoms with van der Waals surface area (Å²) in [4.78, 5) is 39.4. The minimum Gasteiger partial charge on any atom is -0.459 e. The Labute approximate surface area is 135 Å². The van der Waals surface area contributed by atoms with E-state index in [-0.39, 0.29) is 23.6 Å². The van der Waals surface area contributed by atoms with E-state index in [1.165, 1.54) is 13.2 Å². The lowest BCUT2D eigenvalue weighted by atomic mass is 10.0. The molecular formula is C16H23N3O4. The highest BCUT2D eigenvalue weighted by molar-refractivity contribution is 5.92. The molecule has 1 aliphatic heterocycles. The van der Waals surface area contributed by atoms with Gasteiger partial charge in [0, 0.05) is 33.1 Å². The summed E-state index contributed by atoms with van der Waals surface area (Å²) in [6.07, 6.45) is 1.47. The fraction of sp³-hybridized carbons (Fsp3) is 0.562. The van der Waals surface area contributed by atoms with E-state index in [0.717, 1.165) is 0 Å². The van der Waals surface area contributed by atoms with Gasteiger partial charge in [-0.3, -0.25) is 14.4 Å². The molecule has 1 N–H and O–H groups in total. The first-order valence-corrected chi connectivity index (χ1v) is 7.79. The summed E-state index contributed by atoms with van der Waals surface area (Å²) in [7, 11) is 0. The first-order valence-electron chi connectivity index (χ1n) is 7.79. The molecule has 0 bridgehead atoms. The predicted octanol–water partition coefficient (Wildman–Crippen LogP) is 0.725. The van der Waals surface area contributed by atoms with Crippen LogP contribution in [0.15, 0.2) is 22.8 Å². The molecule has 2 rings (SSSR count). The maximum atomic E-state index is 12.6. The normalized spacial score (nSPS) is 16.3. The molecule has 23 heavy (non-hydrogen) atoms. The lowest BCUT2D eigenvalue weighted by molar-refractivity contribution is -0.138. The predicted molar refractivity (Wildman–Crippen MR) is 83.6 cm³/mol. The molecule has 1 aromatic heterocycles. The van der Waals surface area contributed by atoms with Crippen molar-refractivity contribution in [3.63, 3.8) is 0 Å². The van der Waals surface area contributed by atoms with Crippen molar-refractivity contribution in [2.24, 2.45) is 5.92 Å². The number of rotatable bonds is 4. The van der Waals surface area contributed by atoms with Gasteiger partial charge in [-0.05, 0) is 18.1 Å². The molecule has 2 heterocycles. The molecule has 0 radical (unpaired) electrons. The van der Waals surface area contributed by atoms with Crippen LogP contribution >= 0.6 is 0 Å². The topological polar surface area (TPSA) is 82.9 Å². The van der Waals surface area contributed by atoms with E-state index < -0.39 is 6.04 Å². The number of piperazine rings is 1. The lowest BCUT2D eigenvalue weighted by Crippen LogP contribution is -2.56. The fourth-order valence-electron chi connectivity index (χ4n) is 2.62. The van der Waals surface area contributed by atoms with Crippen LogP contribution < -0.4 is 5.32 Å². The third-order valence-corrected chi connectivity index (χ3v) is 3.90. The SMILES string of the molecule is CC(=O)NC(C(=O)N1CCN(C(=O)c2ccco2)CC1)C(C)C. The van der Waals surface area contributed by atoms with Crippen LogP contribution in [0.5, 0.6) is 0 Å². The number of carbonyl (C=O) groups excluding carboxylic acids is 3. The van der Waals surface area contributed by atoms with E-state index >= 15 is 0 Å². The molecule has 126 valence electrons. The van der Waals surface area contributed by atoms with Crippen molar-refractivity contribution >= 4 is 17.7 Å². The van der Waals surface area contributed by atoms with Gasteiger partial charge in [0.1, 0.15) is 6.04 Å². The van der Waals surface area contributed by atoms with Crippen LogP contribution in [0.4, 0.5) is 0 Å². The average Bonchev–Trinajstić information content (AvgIpc) is 3.05. The molecule has 0 saturated carbocycles. The highest BCUT2D eigenvalue weighted by atomic mass is 16.3. The third-order valence-electron chi connectivity index (χ3n) is 3.90. The fourth-order valence-corrected chi connectivity index (χ4v) is 2.62. The smallest absolute Gasteiger partial charge is 0.289 e. The highest BCUT2D eigenvalue weighted by Gasteiger charge is 2.31. The van der Waals surface area contributed by atoms with Gasteiger partial charge >= 0.3 is 0 Å². The molecular weight excluding hydrogens is 298 g/mol. The van der Waals surface area contributed by atoms with Crippen LogP contribution in [0, 0.1) is 5.92 Å². The zero-order chi connectivity index (χ0) is 17.0. The summed E-state index contributed by atoms with van der Waals surface area (Å²) in [6.45, 7) is 7.02. The van der Waals surface area contributed by atoms with Gasteiger partial charge in [0.2, 0.25) is 11.8 Å². The maximum absolute atomic E-state index is 12.6. The van der Waals surface area contributed by atoms with Crippen LogP contribution in [0.25, 0.3) is 0 Å². The van der Waals surface area contributed by atoms with Gasteiger partial charge in [0.15, 0.2) is 5.76 Å². The van der Waals surface area contributed by atoms with Crippen molar-refractivity contribution in [3.05, 3.63) is 24.2 Å². The molecule has 1 fully saturated rings. The Balaban J connectivity index is 1.93. The van der Waals surface area contributed by atoms with Crippen molar-refractivity contribution in [2.75, 3.05) is 26.2 Å². The summed E-state index contributed by atoms with van der Waals surface area (Å²) < 4.78 is 5.12. The number of hydrogen-bond donors (Lipinski definition) is 1. The number of furan rings is 1. The zero-order valence-electron chi connectivity index (χ0n) is 13.7. The highest BCUT2D eigenvalue weighted by Crippen LogP contribution is 2.12. The molecule has 0 aliphatic carbocycles. The standard InChI is InChI=1S/C16H23N3O4/c1-11(2)14(17-12(3)20)16(22)19-8-6-18(7-9-19)15(21)13-5-4-10-23-13/h4-5,10-11,14H,6-9H2,1-3H3,(H,17,20). The minimum atomic E-state index is -0.528. The van der Waals surface area contributed by atoms with E-state index in [0.29, 0.717) is 31.9 Å². The Bertz CT molecular complexity index is 560. The number of nitrogens with zero attached hydrogens (tertiary/aromatic N) is 2. The van der Waals surface area contributed by atoms with Gasteiger partial charge in [0.25, 0.3) is 5.91 Å². The van der Waals surface area contributed by atoms with Gasteiger partial charge in [-0.25, -0.2) is 0 Å². The second-order valence-corrected chi connectivity index (χ2v) is 6.02. The molecule has 1 atom stereocenters. The van der Waals surface area contributed by atoms with E-state index in [1.54, 1.807) is 21.9 Å². The molecule has 1 aromatic rings.